The van der Waals surface area contributed by atoms with Crippen molar-refractivity contribution in [3.05, 3.63) is 45.4 Å². The molecule has 0 saturated heterocycles. The number of hydrogen-bond acceptors (Lipinski definition) is 2. The highest BCUT2D eigenvalue weighted by Crippen LogP contribution is 2.42. The Morgan fingerprint density at radius 3 is 2.55 bits per heavy atom. The van der Waals surface area contributed by atoms with E-state index in [1.807, 2.05) is 23.7 Å². The Morgan fingerprint density at radius 2 is 2.00 bits per heavy atom. The van der Waals surface area contributed by atoms with Gasteiger partial charge in [0.1, 0.15) is 5.69 Å². The molecule has 1 aromatic heterocycles. The molecule has 3 rings (SSSR count). The van der Waals surface area contributed by atoms with Gasteiger partial charge in [-0.25, -0.2) is 4.68 Å². The lowest BCUT2D eigenvalue weighted by molar-refractivity contribution is 0.547. The van der Waals surface area contributed by atoms with Crippen LogP contribution in [-0.2, 0) is 6.54 Å². The Balaban J connectivity index is 2.28. The molecule has 0 amide bonds. The Hall–Kier alpha value is -1.97. The number of aryl methyl sites for hydroxylation is 2. The minimum absolute atomic E-state index is 0.0827. The predicted molar refractivity (Wildman–Crippen MR) is 81.6 cm³/mol. The lowest BCUT2D eigenvalue weighted by atomic mass is 10.1. The van der Waals surface area contributed by atoms with Crippen LogP contribution in [0.5, 0.6) is 0 Å². The first-order valence-electron chi connectivity index (χ1n) is 7.23. The van der Waals surface area contributed by atoms with Gasteiger partial charge in [-0.05, 0) is 45.2 Å². The number of hydrogen-bond donors (Lipinski definition) is 1. The van der Waals surface area contributed by atoms with Crippen molar-refractivity contribution < 1.29 is 0 Å². The van der Waals surface area contributed by atoms with Gasteiger partial charge in [0.15, 0.2) is 0 Å². The highest BCUT2D eigenvalue weighted by molar-refractivity contribution is 5.50. The van der Waals surface area contributed by atoms with Crippen molar-refractivity contribution in [2.45, 2.75) is 46.1 Å². The Bertz CT molecular complexity index is 720. The second-order valence-corrected chi connectivity index (χ2v) is 5.70. The van der Waals surface area contributed by atoms with Gasteiger partial charge in [-0.15, -0.1) is 0 Å². The molecule has 1 saturated carbocycles. The van der Waals surface area contributed by atoms with Crippen molar-refractivity contribution in [1.82, 2.24) is 9.36 Å². The highest BCUT2D eigenvalue weighted by Gasteiger charge is 2.32. The minimum atomic E-state index is -0.0827. The average Bonchev–Trinajstić information content (AvgIpc) is 3.20. The van der Waals surface area contributed by atoms with E-state index in [4.69, 9.17) is 5.73 Å². The predicted octanol–water partition coefficient (Wildman–Crippen LogP) is 2.74. The molecule has 1 aliphatic carbocycles. The molecule has 0 bridgehead atoms. The molecule has 4 nitrogen and oxygen atoms in total. The summed E-state index contributed by atoms with van der Waals surface area (Å²) in [6.45, 7) is 6.91. The normalized spacial score (nSPS) is 14.8. The molecule has 2 N–H and O–H groups in total. The second-order valence-electron chi connectivity index (χ2n) is 5.70. The van der Waals surface area contributed by atoms with Gasteiger partial charge in [-0.3, -0.25) is 9.48 Å². The fourth-order valence-electron chi connectivity index (χ4n) is 2.96. The van der Waals surface area contributed by atoms with Crippen LogP contribution in [0.3, 0.4) is 0 Å². The Labute approximate surface area is 118 Å². The summed E-state index contributed by atoms with van der Waals surface area (Å²) in [7, 11) is 0. The molecule has 0 atom stereocenters. The van der Waals surface area contributed by atoms with Crippen LogP contribution in [0.15, 0.2) is 23.0 Å². The van der Waals surface area contributed by atoms with Crippen LogP contribution in [0.2, 0.25) is 0 Å². The van der Waals surface area contributed by atoms with Crippen LogP contribution >= 0.6 is 0 Å². The molecule has 0 radical (unpaired) electrons. The maximum Gasteiger partial charge on any atom is 0.294 e. The fourth-order valence-corrected chi connectivity index (χ4v) is 2.96. The molecule has 4 heteroatoms. The van der Waals surface area contributed by atoms with Gasteiger partial charge in [0.05, 0.1) is 11.4 Å². The van der Waals surface area contributed by atoms with Crippen molar-refractivity contribution in [1.29, 1.82) is 0 Å². The molecule has 2 aromatic rings. The molecule has 106 valence electrons. The maximum atomic E-state index is 12.6. The summed E-state index contributed by atoms with van der Waals surface area (Å²) in [5.41, 5.74) is 10.7. The van der Waals surface area contributed by atoms with E-state index in [0.29, 0.717) is 11.6 Å². The lowest BCUT2D eigenvalue weighted by Gasteiger charge is -2.15. The van der Waals surface area contributed by atoms with E-state index >= 15 is 0 Å². The maximum absolute atomic E-state index is 12.6. The quantitative estimate of drug-likeness (QED) is 0.933. The van der Waals surface area contributed by atoms with Gasteiger partial charge < -0.3 is 5.73 Å². The average molecular weight is 271 g/mol. The third-order valence-electron chi connectivity index (χ3n) is 4.06. The topological polar surface area (TPSA) is 52.9 Å². The van der Waals surface area contributed by atoms with Crippen LogP contribution < -0.4 is 11.3 Å². The van der Waals surface area contributed by atoms with Crippen LogP contribution in [-0.4, -0.2) is 9.36 Å². The van der Waals surface area contributed by atoms with E-state index in [0.717, 1.165) is 36.3 Å². The summed E-state index contributed by atoms with van der Waals surface area (Å²) in [5, 5.41) is 0. The third-order valence-corrected chi connectivity index (χ3v) is 4.06. The smallest absolute Gasteiger partial charge is 0.294 e. The molecular weight excluding hydrogens is 250 g/mol. The van der Waals surface area contributed by atoms with E-state index < -0.39 is 0 Å². The lowest BCUT2D eigenvalue weighted by Crippen LogP contribution is -2.22. The zero-order valence-corrected chi connectivity index (χ0v) is 12.3. The van der Waals surface area contributed by atoms with Crippen molar-refractivity contribution in [3.8, 4) is 5.69 Å². The van der Waals surface area contributed by atoms with E-state index in [9.17, 15) is 4.79 Å². The number of nitrogens with two attached hydrogens (primary N) is 1. The van der Waals surface area contributed by atoms with Crippen LogP contribution in [0.4, 0.5) is 5.69 Å². The molecule has 0 aliphatic heterocycles. The van der Waals surface area contributed by atoms with Gasteiger partial charge in [0.25, 0.3) is 5.56 Å². The van der Waals surface area contributed by atoms with Crippen molar-refractivity contribution in [2.75, 3.05) is 5.73 Å². The van der Waals surface area contributed by atoms with Crippen LogP contribution in [0.25, 0.3) is 5.69 Å². The van der Waals surface area contributed by atoms with Gasteiger partial charge in [0.2, 0.25) is 0 Å². The first-order valence-corrected chi connectivity index (χ1v) is 7.23. The molecule has 0 spiro atoms. The van der Waals surface area contributed by atoms with Crippen molar-refractivity contribution in [3.63, 3.8) is 0 Å². The zero-order valence-electron chi connectivity index (χ0n) is 12.3. The van der Waals surface area contributed by atoms with E-state index in [-0.39, 0.29) is 5.56 Å². The molecule has 1 fully saturated rings. The summed E-state index contributed by atoms with van der Waals surface area (Å²) < 4.78 is 3.80. The van der Waals surface area contributed by atoms with Gasteiger partial charge in [-0.2, -0.15) is 0 Å². The number of benzene rings is 1. The molecule has 1 aromatic carbocycles. The molecular formula is C16H21N3O. The fraction of sp³-hybridized carbons (Fsp3) is 0.438. The summed E-state index contributed by atoms with van der Waals surface area (Å²) >= 11 is 0. The van der Waals surface area contributed by atoms with Gasteiger partial charge in [0, 0.05) is 12.5 Å². The number of nitrogens with zero attached hydrogens (tertiary/aromatic N) is 2. The van der Waals surface area contributed by atoms with Crippen molar-refractivity contribution in [2.24, 2.45) is 0 Å². The van der Waals surface area contributed by atoms with E-state index in [1.54, 1.807) is 4.68 Å². The SMILES string of the molecule is CCn1c(C2CC2)c(N)c(=O)n1-c1ccc(C)cc1C. The zero-order chi connectivity index (χ0) is 14.4. The molecule has 20 heavy (non-hydrogen) atoms. The monoisotopic (exact) mass is 271 g/mol. The summed E-state index contributed by atoms with van der Waals surface area (Å²) in [6, 6.07) is 6.14. The first-order chi connectivity index (χ1) is 9.54. The summed E-state index contributed by atoms with van der Waals surface area (Å²) in [4.78, 5) is 12.6. The molecule has 1 aliphatic rings. The minimum Gasteiger partial charge on any atom is -0.393 e. The highest BCUT2D eigenvalue weighted by atomic mass is 16.1. The standard InChI is InChI=1S/C16H21N3O/c1-4-18-15(12-6-7-12)14(17)16(20)19(18)13-8-5-10(2)9-11(13)3/h5,8-9,12H,4,6-7,17H2,1-3H3. The Morgan fingerprint density at radius 1 is 1.30 bits per heavy atom. The summed E-state index contributed by atoms with van der Waals surface area (Å²) in [6.07, 6.45) is 2.28. The number of nitrogen functional groups attached to an aromatic ring is 1. The van der Waals surface area contributed by atoms with Crippen molar-refractivity contribution >= 4 is 5.69 Å². The molecule has 0 unspecified atom stereocenters. The number of aromatic nitrogens is 2. The van der Waals surface area contributed by atoms with Gasteiger partial charge >= 0.3 is 0 Å². The summed E-state index contributed by atoms with van der Waals surface area (Å²) in [5.74, 6) is 0.467. The van der Waals surface area contributed by atoms with Crippen LogP contribution in [0.1, 0.15) is 42.5 Å². The van der Waals surface area contributed by atoms with E-state index in [2.05, 4.69) is 19.9 Å². The number of anilines is 1. The Kier molecular flexibility index (Phi) is 2.96. The first kappa shape index (κ1) is 13.0. The largest absolute Gasteiger partial charge is 0.393 e. The number of rotatable bonds is 3. The van der Waals surface area contributed by atoms with Gasteiger partial charge in [-0.1, -0.05) is 17.7 Å². The second kappa shape index (κ2) is 4.54. The molecule has 1 heterocycles. The van der Waals surface area contributed by atoms with Crippen LogP contribution in [0, 0.1) is 13.8 Å². The van der Waals surface area contributed by atoms with E-state index in [1.165, 1.54) is 5.56 Å². The third kappa shape index (κ3) is 1.87.